The van der Waals surface area contributed by atoms with Gasteiger partial charge in [-0.25, -0.2) is 4.98 Å². The molecule has 1 heterocycles. The van der Waals surface area contributed by atoms with E-state index in [1.54, 1.807) is 24.0 Å². The molecule has 100 valence electrons. The number of anilines is 1. The summed E-state index contributed by atoms with van der Waals surface area (Å²) >= 11 is 0. The van der Waals surface area contributed by atoms with Crippen molar-refractivity contribution >= 4 is 5.82 Å². The zero-order valence-corrected chi connectivity index (χ0v) is 11.4. The molecule has 1 aliphatic carbocycles. The summed E-state index contributed by atoms with van der Waals surface area (Å²) in [4.78, 5) is 18.3. The molecule has 2 rings (SSSR count). The normalized spacial score (nSPS) is 23.9. The van der Waals surface area contributed by atoms with Crippen LogP contribution in [0.25, 0.3) is 0 Å². The van der Waals surface area contributed by atoms with Gasteiger partial charge < -0.3 is 14.8 Å². The van der Waals surface area contributed by atoms with Crippen LogP contribution in [0.1, 0.15) is 25.7 Å². The number of aryl methyl sites for hydroxylation is 1. The molecule has 0 saturated heterocycles. The Kier molecular flexibility index (Phi) is 4.01. The predicted octanol–water partition coefficient (Wildman–Crippen LogP) is 0.747. The van der Waals surface area contributed by atoms with Gasteiger partial charge in [-0.3, -0.25) is 4.79 Å². The first kappa shape index (κ1) is 13.1. The lowest BCUT2D eigenvalue weighted by molar-refractivity contribution is 0.350. The third kappa shape index (κ3) is 2.56. The van der Waals surface area contributed by atoms with Crippen LogP contribution in [0.15, 0.2) is 17.2 Å². The summed E-state index contributed by atoms with van der Waals surface area (Å²) in [5, 5.41) is 3.32. The van der Waals surface area contributed by atoms with Crippen molar-refractivity contribution in [2.24, 2.45) is 7.05 Å². The maximum atomic E-state index is 12.0. The van der Waals surface area contributed by atoms with Crippen molar-refractivity contribution in [2.45, 2.75) is 37.8 Å². The third-order valence-electron chi connectivity index (χ3n) is 3.99. The zero-order chi connectivity index (χ0) is 13.1. The number of nitrogens with zero attached hydrogens (tertiary/aromatic N) is 3. The topological polar surface area (TPSA) is 50.2 Å². The molecule has 0 amide bonds. The molecule has 1 saturated carbocycles. The molecule has 0 atom stereocenters. The first-order valence-electron chi connectivity index (χ1n) is 6.55. The minimum atomic E-state index is -0.0178. The fraction of sp³-hybridized carbons (Fsp3) is 0.692. The second kappa shape index (κ2) is 5.52. The molecule has 0 radical (unpaired) electrons. The molecule has 1 aromatic rings. The van der Waals surface area contributed by atoms with Gasteiger partial charge in [-0.15, -0.1) is 0 Å². The molecular weight excluding hydrogens is 228 g/mol. The Balaban J connectivity index is 2.10. The Hall–Kier alpha value is -1.36. The van der Waals surface area contributed by atoms with Gasteiger partial charge in [-0.05, 0) is 32.7 Å². The monoisotopic (exact) mass is 250 g/mol. The maximum absolute atomic E-state index is 12.0. The van der Waals surface area contributed by atoms with Crippen LogP contribution in [0.5, 0.6) is 0 Å². The van der Waals surface area contributed by atoms with Gasteiger partial charge in [0.1, 0.15) is 0 Å². The summed E-state index contributed by atoms with van der Waals surface area (Å²) in [6.07, 6.45) is 7.94. The highest BCUT2D eigenvalue weighted by molar-refractivity contribution is 5.36. The average Bonchev–Trinajstić information content (AvgIpc) is 2.41. The smallest absolute Gasteiger partial charge is 0.293 e. The molecule has 5 nitrogen and oxygen atoms in total. The Bertz CT molecular complexity index is 449. The Morgan fingerprint density at radius 3 is 2.67 bits per heavy atom. The Labute approximate surface area is 108 Å². The minimum absolute atomic E-state index is 0.0178. The van der Waals surface area contributed by atoms with E-state index in [-0.39, 0.29) is 5.56 Å². The first-order chi connectivity index (χ1) is 8.63. The van der Waals surface area contributed by atoms with Crippen LogP contribution in [-0.4, -0.2) is 35.7 Å². The molecular formula is C13H22N4O. The summed E-state index contributed by atoms with van der Waals surface area (Å²) in [7, 11) is 5.76. The van der Waals surface area contributed by atoms with E-state index >= 15 is 0 Å². The molecule has 0 bridgehead atoms. The molecule has 18 heavy (non-hydrogen) atoms. The molecule has 0 spiro atoms. The van der Waals surface area contributed by atoms with Crippen LogP contribution in [-0.2, 0) is 7.05 Å². The van der Waals surface area contributed by atoms with Crippen molar-refractivity contribution in [1.82, 2.24) is 14.9 Å². The second-order valence-corrected chi connectivity index (χ2v) is 5.07. The van der Waals surface area contributed by atoms with E-state index in [2.05, 4.69) is 10.3 Å². The highest BCUT2D eigenvalue weighted by Crippen LogP contribution is 2.23. The van der Waals surface area contributed by atoms with Crippen molar-refractivity contribution in [1.29, 1.82) is 0 Å². The van der Waals surface area contributed by atoms with Crippen molar-refractivity contribution in [3.05, 3.63) is 22.7 Å². The second-order valence-electron chi connectivity index (χ2n) is 5.07. The van der Waals surface area contributed by atoms with Crippen LogP contribution in [0.4, 0.5) is 5.82 Å². The Morgan fingerprint density at radius 2 is 2.06 bits per heavy atom. The summed E-state index contributed by atoms with van der Waals surface area (Å²) in [5.41, 5.74) is -0.0178. The first-order valence-corrected chi connectivity index (χ1v) is 6.55. The van der Waals surface area contributed by atoms with Gasteiger partial charge in [0, 0.05) is 38.6 Å². The molecule has 1 aliphatic rings. The number of nitrogens with one attached hydrogen (secondary N) is 1. The van der Waals surface area contributed by atoms with Gasteiger partial charge in [0.05, 0.1) is 0 Å². The van der Waals surface area contributed by atoms with Gasteiger partial charge in [0.15, 0.2) is 5.82 Å². The number of hydrogen-bond donors (Lipinski definition) is 1. The average molecular weight is 250 g/mol. The van der Waals surface area contributed by atoms with Crippen molar-refractivity contribution in [2.75, 3.05) is 19.0 Å². The molecule has 0 aromatic carbocycles. The molecule has 0 unspecified atom stereocenters. The van der Waals surface area contributed by atoms with Crippen LogP contribution >= 0.6 is 0 Å². The lowest BCUT2D eigenvalue weighted by atomic mass is 9.90. The minimum Gasteiger partial charge on any atom is -0.352 e. The highest BCUT2D eigenvalue weighted by Gasteiger charge is 2.25. The van der Waals surface area contributed by atoms with E-state index in [1.165, 1.54) is 12.8 Å². The highest BCUT2D eigenvalue weighted by atomic mass is 16.1. The van der Waals surface area contributed by atoms with E-state index in [9.17, 15) is 4.79 Å². The fourth-order valence-electron chi connectivity index (χ4n) is 2.65. The summed E-state index contributed by atoms with van der Waals surface area (Å²) in [6, 6.07) is 1.05. The zero-order valence-electron chi connectivity index (χ0n) is 11.4. The van der Waals surface area contributed by atoms with Crippen molar-refractivity contribution < 1.29 is 0 Å². The Morgan fingerprint density at radius 1 is 1.39 bits per heavy atom. The summed E-state index contributed by atoms with van der Waals surface area (Å²) < 4.78 is 1.58. The van der Waals surface area contributed by atoms with Gasteiger partial charge in [-0.2, -0.15) is 0 Å². The predicted molar refractivity (Wildman–Crippen MR) is 73.0 cm³/mol. The molecule has 1 fully saturated rings. The molecule has 1 aromatic heterocycles. The lowest BCUT2D eigenvalue weighted by Gasteiger charge is -2.34. The van der Waals surface area contributed by atoms with Crippen LogP contribution in [0.2, 0.25) is 0 Å². The van der Waals surface area contributed by atoms with E-state index < -0.39 is 0 Å². The van der Waals surface area contributed by atoms with E-state index in [0.717, 1.165) is 12.8 Å². The van der Waals surface area contributed by atoms with Gasteiger partial charge in [0.25, 0.3) is 5.56 Å². The number of rotatable bonds is 3. The maximum Gasteiger partial charge on any atom is 0.293 e. The molecule has 5 heteroatoms. The molecule has 0 aliphatic heterocycles. The molecule has 1 N–H and O–H groups in total. The third-order valence-corrected chi connectivity index (χ3v) is 3.99. The lowest BCUT2D eigenvalue weighted by Crippen LogP contribution is -2.42. The van der Waals surface area contributed by atoms with Gasteiger partial charge in [-0.1, -0.05) is 0 Å². The summed E-state index contributed by atoms with van der Waals surface area (Å²) in [6.45, 7) is 0. The van der Waals surface area contributed by atoms with Crippen molar-refractivity contribution in [3.63, 3.8) is 0 Å². The fourth-order valence-corrected chi connectivity index (χ4v) is 2.65. The van der Waals surface area contributed by atoms with Crippen LogP contribution in [0, 0.1) is 0 Å². The van der Waals surface area contributed by atoms with Crippen molar-refractivity contribution in [3.8, 4) is 0 Å². The van der Waals surface area contributed by atoms with Gasteiger partial charge >= 0.3 is 0 Å². The van der Waals surface area contributed by atoms with Crippen LogP contribution < -0.4 is 15.8 Å². The van der Waals surface area contributed by atoms with Gasteiger partial charge in [0.2, 0.25) is 0 Å². The number of aromatic nitrogens is 2. The number of hydrogen-bond acceptors (Lipinski definition) is 4. The van der Waals surface area contributed by atoms with Crippen LogP contribution in [0.3, 0.4) is 0 Å². The van der Waals surface area contributed by atoms with E-state index in [1.807, 2.05) is 19.0 Å². The SMILES string of the molecule is CNC1CCC(N(C)c2nccn(C)c2=O)CC1. The standard InChI is InChI=1S/C13H22N4O/c1-14-10-4-6-11(7-5-10)17(3)12-13(18)16(2)9-8-15-12/h8-11,14H,4-7H2,1-3H3. The van der Waals surface area contributed by atoms with E-state index in [0.29, 0.717) is 17.9 Å². The largest absolute Gasteiger partial charge is 0.352 e. The van der Waals surface area contributed by atoms with E-state index in [4.69, 9.17) is 0 Å². The summed E-state index contributed by atoms with van der Waals surface area (Å²) in [5.74, 6) is 0.563. The quantitative estimate of drug-likeness (QED) is 0.860.